The van der Waals surface area contributed by atoms with E-state index in [-0.39, 0.29) is 0 Å². The van der Waals surface area contributed by atoms with Crippen LogP contribution < -0.4 is 10.2 Å². The van der Waals surface area contributed by atoms with Gasteiger partial charge in [0.05, 0.1) is 19.8 Å². The standard InChI is InChI=1S/C12H19BO5/c1-16-8-9-17-6-3-7-18-12-5-2-4-11(10-12)13(14)15/h2,4-5,10,14-15H,3,6-9H2,1H3. The highest BCUT2D eigenvalue weighted by atomic mass is 16.5. The quantitative estimate of drug-likeness (QED) is 0.471. The fourth-order valence-electron chi connectivity index (χ4n) is 1.36. The summed E-state index contributed by atoms with van der Waals surface area (Å²) >= 11 is 0. The molecule has 0 spiro atoms. The highest BCUT2D eigenvalue weighted by Gasteiger charge is 2.10. The van der Waals surface area contributed by atoms with Crippen molar-refractivity contribution < 1.29 is 24.3 Å². The molecule has 100 valence electrons. The summed E-state index contributed by atoms with van der Waals surface area (Å²) in [5, 5.41) is 18.0. The molecule has 0 aliphatic rings. The Morgan fingerprint density at radius 3 is 2.67 bits per heavy atom. The first-order valence-electron chi connectivity index (χ1n) is 5.89. The fraction of sp³-hybridized carbons (Fsp3) is 0.500. The maximum Gasteiger partial charge on any atom is 0.488 e. The second kappa shape index (κ2) is 8.94. The van der Waals surface area contributed by atoms with Crippen LogP contribution in [0.1, 0.15) is 6.42 Å². The maximum absolute atomic E-state index is 9.01. The molecule has 0 amide bonds. The van der Waals surface area contributed by atoms with E-state index in [0.717, 1.165) is 6.42 Å². The van der Waals surface area contributed by atoms with Gasteiger partial charge in [-0.25, -0.2) is 0 Å². The van der Waals surface area contributed by atoms with E-state index in [9.17, 15) is 0 Å². The van der Waals surface area contributed by atoms with E-state index < -0.39 is 7.12 Å². The van der Waals surface area contributed by atoms with E-state index in [4.69, 9.17) is 24.3 Å². The van der Waals surface area contributed by atoms with Crippen molar-refractivity contribution in [2.75, 3.05) is 33.5 Å². The second-order valence-corrected chi connectivity index (χ2v) is 3.75. The van der Waals surface area contributed by atoms with Crippen LogP contribution in [0.2, 0.25) is 0 Å². The highest BCUT2D eigenvalue weighted by molar-refractivity contribution is 6.58. The first-order chi connectivity index (χ1) is 8.74. The molecule has 0 unspecified atom stereocenters. The van der Waals surface area contributed by atoms with Gasteiger partial charge in [-0.1, -0.05) is 12.1 Å². The topological polar surface area (TPSA) is 68.2 Å². The molecule has 5 nitrogen and oxygen atoms in total. The summed E-state index contributed by atoms with van der Waals surface area (Å²) in [5.74, 6) is 0.623. The first kappa shape index (κ1) is 15.0. The van der Waals surface area contributed by atoms with E-state index in [1.54, 1.807) is 31.4 Å². The minimum Gasteiger partial charge on any atom is -0.494 e. The molecule has 0 heterocycles. The van der Waals surface area contributed by atoms with Crippen molar-refractivity contribution in [2.24, 2.45) is 0 Å². The van der Waals surface area contributed by atoms with E-state index >= 15 is 0 Å². The Morgan fingerprint density at radius 2 is 1.94 bits per heavy atom. The Morgan fingerprint density at radius 1 is 1.11 bits per heavy atom. The number of benzene rings is 1. The molecule has 0 saturated carbocycles. The predicted octanol–water partition coefficient (Wildman–Crippen LogP) is -0.202. The molecule has 0 aliphatic carbocycles. The van der Waals surface area contributed by atoms with Crippen molar-refractivity contribution >= 4 is 12.6 Å². The fourth-order valence-corrected chi connectivity index (χ4v) is 1.36. The third kappa shape index (κ3) is 6.02. The molecule has 0 aromatic heterocycles. The summed E-state index contributed by atoms with van der Waals surface area (Å²) in [7, 11) is 0.167. The number of hydrogen-bond donors (Lipinski definition) is 2. The molecule has 18 heavy (non-hydrogen) atoms. The average Bonchev–Trinajstić information content (AvgIpc) is 2.38. The molecule has 1 aromatic carbocycles. The van der Waals surface area contributed by atoms with Gasteiger partial charge in [0.25, 0.3) is 0 Å². The van der Waals surface area contributed by atoms with Gasteiger partial charge in [-0.05, 0) is 17.6 Å². The van der Waals surface area contributed by atoms with Crippen molar-refractivity contribution in [2.45, 2.75) is 6.42 Å². The molecule has 6 heteroatoms. The third-order valence-corrected chi connectivity index (χ3v) is 2.29. The molecular formula is C12H19BO5. The average molecular weight is 254 g/mol. The number of hydrogen-bond acceptors (Lipinski definition) is 5. The lowest BCUT2D eigenvalue weighted by Crippen LogP contribution is -2.29. The Hall–Kier alpha value is -1.08. The Labute approximate surface area is 107 Å². The van der Waals surface area contributed by atoms with Gasteiger partial charge in [-0.15, -0.1) is 0 Å². The van der Waals surface area contributed by atoms with Crippen LogP contribution in [0.4, 0.5) is 0 Å². The molecule has 0 aliphatic heterocycles. The largest absolute Gasteiger partial charge is 0.494 e. The van der Waals surface area contributed by atoms with Gasteiger partial charge in [0.2, 0.25) is 0 Å². The van der Waals surface area contributed by atoms with Crippen LogP contribution in [0.15, 0.2) is 24.3 Å². The van der Waals surface area contributed by atoms with Crippen LogP contribution in [-0.2, 0) is 9.47 Å². The van der Waals surface area contributed by atoms with E-state index in [2.05, 4.69) is 0 Å². The Bertz CT molecular complexity index is 332. The van der Waals surface area contributed by atoms with Gasteiger partial charge in [0.15, 0.2) is 0 Å². The summed E-state index contributed by atoms with van der Waals surface area (Å²) in [6, 6.07) is 6.73. The SMILES string of the molecule is COCCOCCCOc1cccc(B(O)O)c1. The monoisotopic (exact) mass is 254 g/mol. The van der Waals surface area contributed by atoms with Crippen LogP contribution in [0.25, 0.3) is 0 Å². The minimum absolute atomic E-state index is 0.420. The molecule has 0 saturated heterocycles. The normalized spacial score (nSPS) is 10.4. The van der Waals surface area contributed by atoms with Gasteiger partial charge in [-0.2, -0.15) is 0 Å². The predicted molar refractivity (Wildman–Crippen MR) is 69.1 cm³/mol. The maximum atomic E-state index is 9.01. The summed E-state index contributed by atoms with van der Waals surface area (Å²) in [5.41, 5.74) is 0.420. The van der Waals surface area contributed by atoms with E-state index in [0.29, 0.717) is 37.6 Å². The van der Waals surface area contributed by atoms with E-state index in [1.807, 2.05) is 0 Å². The molecular weight excluding hydrogens is 235 g/mol. The van der Waals surface area contributed by atoms with E-state index in [1.165, 1.54) is 0 Å². The zero-order valence-electron chi connectivity index (χ0n) is 10.5. The molecule has 0 bridgehead atoms. The first-order valence-corrected chi connectivity index (χ1v) is 5.89. The van der Waals surface area contributed by atoms with Gasteiger partial charge in [0.1, 0.15) is 5.75 Å². The van der Waals surface area contributed by atoms with Crippen LogP contribution >= 0.6 is 0 Å². The van der Waals surface area contributed by atoms with Gasteiger partial charge >= 0.3 is 7.12 Å². The van der Waals surface area contributed by atoms with Crippen LogP contribution in [0, 0.1) is 0 Å². The molecule has 0 fully saturated rings. The molecule has 0 radical (unpaired) electrons. The number of methoxy groups -OCH3 is 1. The Balaban J connectivity index is 2.17. The third-order valence-electron chi connectivity index (χ3n) is 2.29. The number of ether oxygens (including phenoxy) is 3. The molecule has 2 N–H and O–H groups in total. The second-order valence-electron chi connectivity index (χ2n) is 3.75. The lowest BCUT2D eigenvalue weighted by molar-refractivity contribution is 0.0644. The molecule has 0 atom stereocenters. The summed E-state index contributed by atoms with van der Waals surface area (Å²) < 4.78 is 15.6. The van der Waals surface area contributed by atoms with Crippen molar-refractivity contribution in [3.63, 3.8) is 0 Å². The lowest BCUT2D eigenvalue weighted by atomic mass is 9.80. The van der Waals surface area contributed by atoms with Crippen molar-refractivity contribution in [3.05, 3.63) is 24.3 Å². The van der Waals surface area contributed by atoms with Crippen molar-refractivity contribution in [1.82, 2.24) is 0 Å². The summed E-state index contributed by atoms with van der Waals surface area (Å²) in [6.45, 7) is 2.32. The van der Waals surface area contributed by atoms with Gasteiger partial charge in [-0.3, -0.25) is 0 Å². The van der Waals surface area contributed by atoms with Crippen molar-refractivity contribution in [1.29, 1.82) is 0 Å². The highest BCUT2D eigenvalue weighted by Crippen LogP contribution is 2.07. The zero-order valence-corrected chi connectivity index (χ0v) is 10.5. The minimum atomic E-state index is -1.47. The molecule has 1 rings (SSSR count). The van der Waals surface area contributed by atoms with Crippen molar-refractivity contribution in [3.8, 4) is 5.75 Å². The zero-order chi connectivity index (χ0) is 13.2. The number of rotatable bonds is 9. The molecule has 1 aromatic rings. The van der Waals surface area contributed by atoms with Gasteiger partial charge in [0, 0.05) is 20.1 Å². The smallest absolute Gasteiger partial charge is 0.488 e. The van der Waals surface area contributed by atoms with Crippen LogP contribution in [0.5, 0.6) is 5.75 Å². The Kier molecular flexibility index (Phi) is 7.44. The summed E-state index contributed by atoms with van der Waals surface area (Å²) in [4.78, 5) is 0. The van der Waals surface area contributed by atoms with Crippen LogP contribution in [-0.4, -0.2) is 50.7 Å². The lowest BCUT2D eigenvalue weighted by Gasteiger charge is -2.08. The van der Waals surface area contributed by atoms with Gasteiger partial charge < -0.3 is 24.3 Å². The van der Waals surface area contributed by atoms with Crippen LogP contribution in [0.3, 0.4) is 0 Å². The summed E-state index contributed by atoms with van der Waals surface area (Å²) in [6.07, 6.45) is 0.773.